The molecule has 2 aromatic rings. The molecule has 1 saturated heterocycles. The summed E-state index contributed by atoms with van der Waals surface area (Å²) < 4.78 is 5.37. The Kier molecular flexibility index (Phi) is 3.92. The lowest BCUT2D eigenvalue weighted by molar-refractivity contribution is -0.131. The highest BCUT2D eigenvalue weighted by atomic mass is 35.5. The van der Waals surface area contributed by atoms with E-state index in [-0.39, 0.29) is 11.9 Å². The topological polar surface area (TPSA) is 59.2 Å². The summed E-state index contributed by atoms with van der Waals surface area (Å²) in [6, 6.07) is 9.46. The predicted molar refractivity (Wildman–Crippen MR) is 78.7 cm³/mol. The van der Waals surface area contributed by atoms with Gasteiger partial charge in [0.15, 0.2) is 0 Å². The molecule has 6 heteroatoms. The molecule has 0 N–H and O–H groups in total. The molecule has 1 aromatic carbocycles. The predicted octanol–water partition coefficient (Wildman–Crippen LogP) is 3.03. The van der Waals surface area contributed by atoms with E-state index in [0.29, 0.717) is 18.3 Å². The van der Waals surface area contributed by atoms with Crippen LogP contribution in [0.1, 0.15) is 31.7 Å². The fourth-order valence-electron chi connectivity index (χ4n) is 2.59. The minimum atomic E-state index is -0.540. The number of nitrogens with zero attached hydrogens (tertiary/aromatic N) is 3. The number of halogens is 1. The maximum Gasteiger partial charge on any atom is 0.249 e. The Bertz CT molecular complexity index is 627. The molecule has 3 rings (SSSR count). The Balaban J connectivity index is 1.84. The van der Waals surface area contributed by atoms with Crippen LogP contribution in [-0.4, -0.2) is 32.9 Å². The second-order valence-electron chi connectivity index (χ2n) is 5.13. The van der Waals surface area contributed by atoms with E-state index in [2.05, 4.69) is 10.1 Å². The number of aromatic nitrogens is 2. The van der Waals surface area contributed by atoms with Gasteiger partial charge in [0.05, 0.1) is 0 Å². The van der Waals surface area contributed by atoms with E-state index < -0.39 is 5.38 Å². The number of amides is 1. The third-order valence-electron chi connectivity index (χ3n) is 3.63. The van der Waals surface area contributed by atoms with Crippen molar-refractivity contribution in [1.29, 1.82) is 0 Å². The van der Waals surface area contributed by atoms with Crippen LogP contribution in [0.4, 0.5) is 0 Å². The van der Waals surface area contributed by atoms with Gasteiger partial charge in [0.25, 0.3) is 0 Å². The fourth-order valence-corrected chi connectivity index (χ4v) is 2.72. The number of hydrogen-bond acceptors (Lipinski definition) is 4. The quantitative estimate of drug-likeness (QED) is 0.818. The Morgan fingerprint density at radius 1 is 1.43 bits per heavy atom. The average Bonchev–Trinajstić information content (AvgIpc) is 3.16. The van der Waals surface area contributed by atoms with Crippen molar-refractivity contribution in [3.63, 3.8) is 0 Å². The van der Waals surface area contributed by atoms with E-state index in [1.54, 1.807) is 11.8 Å². The molecule has 1 aliphatic heterocycles. The second kappa shape index (κ2) is 5.85. The highest BCUT2D eigenvalue weighted by molar-refractivity contribution is 6.30. The van der Waals surface area contributed by atoms with Crippen LogP contribution in [0, 0.1) is 0 Å². The number of hydrogen-bond donors (Lipinski definition) is 0. The van der Waals surface area contributed by atoms with Gasteiger partial charge in [-0.1, -0.05) is 35.5 Å². The van der Waals surface area contributed by atoms with Gasteiger partial charge in [0, 0.05) is 12.1 Å². The Hall–Kier alpha value is -1.88. The molecular weight excluding hydrogens is 290 g/mol. The summed E-state index contributed by atoms with van der Waals surface area (Å²) in [7, 11) is 0. The van der Waals surface area contributed by atoms with Gasteiger partial charge in [0.2, 0.25) is 17.6 Å². The highest BCUT2D eigenvalue weighted by Crippen LogP contribution is 2.32. The standard InChI is InChI=1S/C15H16ClN3O2/c1-10(16)15(20)19-9-5-8-12(19)14-17-13(18-21-14)11-6-3-2-4-7-11/h2-4,6-7,10,12H,5,8-9H2,1H3. The molecule has 0 spiro atoms. The number of carbonyl (C=O) groups is 1. The van der Waals surface area contributed by atoms with Crippen LogP contribution in [0.3, 0.4) is 0 Å². The normalized spacial score (nSPS) is 19.7. The summed E-state index contributed by atoms with van der Waals surface area (Å²) in [5, 5.41) is 3.47. The van der Waals surface area contributed by atoms with E-state index >= 15 is 0 Å². The summed E-state index contributed by atoms with van der Waals surface area (Å²) in [6.07, 6.45) is 1.74. The molecule has 2 heterocycles. The molecular formula is C15H16ClN3O2. The van der Waals surface area contributed by atoms with E-state index in [1.165, 1.54) is 0 Å². The number of likely N-dealkylation sites (tertiary alicyclic amines) is 1. The largest absolute Gasteiger partial charge is 0.337 e. The molecule has 0 bridgehead atoms. The number of rotatable bonds is 3. The van der Waals surface area contributed by atoms with Crippen molar-refractivity contribution in [2.24, 2.45) is 0 Å². The van der Waals surface area contributed by atoms with Gasteiger partial charge in [-0.15, -0.1) is 11.6 Å². The lowest BCUT2D eigenvalue weighted by atomic mass is 10.2. The van der Waals surface area contributed by atoms with Crippen molar-refractivity contribution >= 4 is 17.5 Å². The van der Waals surface area contributed by atoms with E-state index in [0.717, 1.165) is 18.4 Å². The van der Waals surface area contributed by atoms with Crippen molar-refractivity contribution in [1.82, 2.24) is 15.0 Å². The van der Waals surface area contributed by atoms with Gasteiger partial charge in [0.1, 0.15) is 11.4 Å². The van der Waals surface area contributed by atoms with Gasteiger partial charge in [-0.2, -0.15) is 4.98 Å². The van der Waals surface area contributed by atoms with E-state index in [9.17, 15) is 4.79 Å². The molecule has 0 aliphatic carbocycles. The molecule has 5 nitrogen and oxygen atoms in total. The molecule has 1 amide bonds. The monoisotopic (exact) mass is 305 g/mol. The van der Waals surface area contributed by atoms with Crippen LogP contribution < -0.4 is 0 Å². The van der Waals surface area contributed by atoms with E-state index in [1.807, 2.05) is 30.3 Å². The molecule has 21 heavy (non-hydrogen) atoms. The van der Waals surface area contributed by atoms with Gasteiger partial charge in [-0.3, -0.25) is 4.79 Å². The molecule has 0 radical (unpaired) electrons. The maximum absolute atomic E-state index is 12.1. The number of alkyl halides is 1. The van der Waals surface area contributed by atoms with Crippen molar-refractivity contribution < 1.29 is 9.32 Å². The molecule has 2 unspecified atom stereocenters. The summed E-state index contributed by atoms with van der Waals surface area (Å²) in [6.45, 7) is 2.37. The maximum atomic E-state index is 12.1. The smallest absolute Gasteiger partial charge is 0.249 e. The first-order chi connectivity index (χ1) is 10.2. The second-order valence-corrected chi connectivity index (χ2v) is 5.78. The highest BCUT2D eigenvalue weighted by Gasteiger charge is 2.35. The Morgan fingerprint density at radius 3 is 2.90 bits per heavy atom. The zero-order chi connectivity index (χ0) is 14.8. The van der Waals surface area contributed by atoms with Crippen molar-refractivity contribution in [3.8, 4) is 11.4 Å². The summed E-state index contributed by atoms with van der Waals surface area (Å²) in [5.74, 6) is 0.944. The van der Waals surface area contributed by atoms with Crippen LogP contribution in [0.15, 0.2) is 34.9 Å². The lowest BCUT2D eigenvalue weighted by Gasteiger charge is -2.22. The zero-order valence-corrected chi connectivity index (χ0v) is 12.5. The first-order valence-electron chi connectivity index (χ1n) is 7.00. The zero-order valence-electron chi connectivity index (χ0n) is 11.7. The van der Waals surface area contributed by atoms with Gasteiger partial charge >= 0.3 is 0 Å². The summed E-state index contributed by atoms with van der Waals surface area (Å²) in [4.78, 5) is 18.3. The number of carbonyl (C=O) groups excluding carboxylic acids is 1. The molecule has 0 saturated carbocycles. The Labute approximate surface area is 127 Å². The van der Waals surface area contributed by atoms with Crippen LogP contribution in [0.5, 0.6) is 0 Å². The molecule has 110 valence electrons. The lowest BCUT2D eigenvalue weighted by Crippen LogP contribution is -2.35. The number of benzene rings is 1. The molecule has 2 atom stereocenters. The third kappa shape index (κ3) is 2.78. The molecule has 1 aliphatic rings. The Morgan fingerprint density at radius 2 is 2.19 bits per heavy atom. The van der Waals surface area contributed by atoms with Gasteiger partial charge < -0.3 is 9.42 Å². The molecule has 1 aromatic heterocycles. The average molecular weight is 306 g/mol. The van der Waals surface area contributed by atoms with Crippen molar-refractivity contribution in [3.05, 3.63) is 36.2 Å². The summed E-state index contributed by atoms with van der Waals surface area (Å²) >= 11 is 5.90. The SMILES string of the molecule is CC(Cl)C(=O)N1CCCC1c1nc(-c2ccccc2)no1. The van der Waals surface area contributed by atoms with Crippen molar-refractivity contribution in [2.75, 3.05) is 6.54 Å². The first kappa shape index (κ1) is 14.1. The first-order valence-corrected chi connectivity index (χ1v) is 7.44. The van der Waals surface area contributed by atoms with Gasteiger partial charge in [-0.05, 0) is 19.8 Å². The van der Waals surface area contributed by atoms with Gasteiger partial charge in [-0.25, -0.2) is 0 Å². The third-order valence-corrected chi connectivity index (χ3v) is 3.82. The molecule has 1 fully saturated rings. The van der Waals surface area contributed by atoms with Crippen LogP contribution in [0.25, 0.3) is 11.4 Å². The van der Waals surface area contributed by atoms with Crippen LogP contribution in [0.2, 0.25) is 0 Å². The van der Waals surface area contributed by atoms with Crippen LogP contribution in [-0.2, 0) is 4.79 Å². The van der Waals surface area contributed by atoms with Crippen molar-refractivity contribution in [2.45, 2.75) is 31.2 Å². The minimum absolute atomic E-state index is 0.0846. The summed E-state index contributed by atoms with van der Waals surface area (Å²) in [5.41, 5.74) is 0.897. The fraction of sp³-hybridized carbons (Fsp3) is 0.400. The minimum Gasteiger partial charge on any atom is -0.337 e. The van der Waals surface area contributed by atoms with Crippen LogP contribution >= 0.6 is 11.6 Å². The van der Waals surface area contributed by atoms with E-state index in [4.69, 9.17) is 16.1 Å².